The SMILES string of the molecule is CC[C@H](NC(=O)[C@@H](C)Oc1cc(C)c(Cl)c(C)c1)c1ccc(C)cc1. The van der Waals surface area contributed by atoms with Crippen molar-refractivity contribution < 1.29 is 9.53 Å². The van der Waals surface area contributed by atoms with Gasteiger partial charge in [0.15, 0.2) is 6.10 Å². The highest BCUT2D eigenvalue weighted by Crippen LogP contribution is 2.26. The van der Waals surface area contributed by atoms with Crippen LogP contribution >= 0.6 is 11.6 Å². The lowest BCUT2D eigenvalue weighted by atomic mass is 10.0. The molecule has 134 valence electrons. The summed E-state index contributed by atoms with van der Waals surface area (Å²) in [5.74, 6) is 0.531. The smallest absolute Gasteiger partial charge is 0.261 e. The third kappa shape index (κ3) is 4.99. The number of carbonyl (C=O) groups excluding carboxylic acids is 1. The Balaban J connectivity index is 2.05. The summed E-state index contributed by atoms with van der Waals surface area (Å²) in [5.41, 5.74) is 4.19. The molecule has 3 nitrogen and oxygen atoms in total. The van der Waals surface area contributed by atoms with Gasteiger partial charge in [0, 0.05) is 5.02 Å². The van der Waals surface area contributed by atoms with Crippen LogP contribution in [-0.4, -0.2) is 12.0 Å². The van der Waals surface area contributed by atoms with Crippen molar-refractivity contribution >= 4 is 17.5 Å². The minimum Gasteiger partial charge on any atom is -0.481 e. The molecule has 0 bridgehead atoms. The fraction of sp³-hybridized carbons (Fsp3) is 0.381. The summed E-state index contributed by atoms with van der Waals surface area (Å²) in [5, 5.41) is 3.80. The Morgan fingerprint density at radius 3 is 2.20 bits per heavy atom. The predicted molar refractivity (Wildman–Crippen MR) is 103 cm³/mol. The van der Waals surface area contributed by atoms with Crippen LogP contribution in [0.4, 0.5) is 0 Å². The van der Waals surface area contributed by atoms with Crippen LogP contribution in [0.3, 0.4) is 0 Å². The number of amides is 1. The number of hydrogen-bond acceptors (Lipinski definition) is 2. The first-order chi connectivity index (χ1) is 11.8. The Bertz CT molecular complexity index is 717. The molecule has 0 saturated carbocycles. The Morgan fingerprint density at radius 2 is 1.68 bits per heavy atom. The summed E-state index contributed by atoms with van der Waals surface area (Å²) < 4.78 is 5.82. The summed E-state index contributed by atoms with van der Waals surface area (Å²) in [4.78, 5) is 12.5. The Hall–Kier alpha value is -2.00. The molecule has 0 radical (unpaired) electrons. The molecule has 1 amide bonds. The first-order valence-electron chi connectivity index (χ1n) is 8.62. The molecule has 2 aromatic rings. The van der Waals surface area contributed by atoms with E-state index in [0.717, 1.165) is 28.1 Å². The molecule has 2 rings (SSSR count). The highest BCUT2D eigenvalue weighted by atomic mass is 35.5. The van der Waals surface area contributed by atoms with E-state index in [2.05, 4.69) is 43.4 Å². The van der Waals surface area contributed by atoms with Gasteiger partial charge in [-0.1, -0.05) is 48.4 Å². The van der Waals surface area contributed by atoms with Gasteiger partial charge in [-0.2, -0.15) is 0 Å². The van der Waals surface area contributed by atoms with Gasteiger partial charge in [-0.05, 0) is 62.9 Å². The van der Waals surface area contributed by atoms with Crippen molar-refractivity contribution in [2.24, 2.45) is 0 Å². The molecule has 0 aliphatic carbocycles. The Kier molecular flexibility index (Phi) is 6.49. The van der Waals surface area contributed by atoms with Crippen molar-refractivity contribution in [1.82, 2.24) is 5.32 Å². The summed E-state index contributed by atoms with van der Waals surface area (Å²) in [7, 11) is 0. The molecular formula is C21H26ClNO2. The van der Waals surface area contributed by atoms with Crippen molar-refractivity contribution in [1.29, 1.82) is 0 Å². The molecule has 1 N–H and O–H groups in total. The number of hydrogen-bond donors (Lipinski definition) is 1. The third-order valence-corrected chi connectivity index (χ3v) is 4.89. The van der Waals surface area contributed by atoms with Crippen LogP contribution < -0.4 is 10.1 Å². The maximum atomic E-state index is 12.5. The molecule has 0 spiro atoms. The number of ether oxygens (including phenoxy) is 1. The topological polar surface area (TPSA) is 38.3 Å². The average Bonchev–Trinajstić information content (AvgIpc) is 2.58. The Labute approximate surface area is 155 Å². The summed E-state index contributed by atoms with van der Waals surface area (Å²) in [6.07, 6.45) is 0.236. The van der Waals surface area contributed by atoms with Crippen molar-refractivity contribution in [2.45, 2.75) is 53.2 Å². The van der Waals surface area contributed by atoms with E-state index in [1.807, 2.05) is 26.0 Å². The number of nitrogens with one attached hydrogen (secondary N) is 1. The molecule has 2 atom stereocenters. The summed E-state index contributed by atoms with van der Waals surface area (Å²) in [6.45, 7) is 9.73. The minimum atomic E-state index is -0.584. The van der Waals surface area contributed by atoms with Gasteiger partial charge in [-0.15, -0.1) is 0 Å². The van der Waals surface area contributed by atoms with E-state index < -0.39 is 6.10 Å². The average molecular weight is 360 g/mol. The van der Waals surface area contributed by atoms with Crippen LogP contribution in [0, 0.1) is 20.8 Å². The molecule has 0 heterocycles. The summed E-state index contributed by atoms with van der Waals surface area (Å²) >= 11 is 6.18. The maximum Gasteiger partial charge on any atom is 0.261 e. The van der Waals surface area contributed by atoms with E-state index in [9.17, 15) is 4.79 Å². The monoisotopic (exact) mass is 359 g/mol. The van der Waals surface area contributed by atoms with Crippen LogP contribution in [-0.2, 0) is 4.79 Å². The molecule has 4 heteroatoms. The quantitative estimate of drug-likeness (QED) is 0.760. The van der Waals surface area contributed by atoms with E-state index in [-0.39, 0.29) is 11.9 Å². The number of carbonyl (C=O) groups is 1. The predicted octanol–water partition coefficient (Wildman–Crippen LogP) is 5.30. The van der Waals surface area contributed by atoms with Gasteiger partial charge >= 0.3 is 0 Å². The van der Waals surface area contributed by atoms with Crippen LogP contribution in [0.1, 0.15) is 48.6 Å². The standard InChI is InChI=1S/C21H26ClNO2/c1-6-19(17-9-7-13(2)8-10-17)23-21(24)16(5)25-18-11-14(3)20(22)15(4)12-18/h7-12,16,19H,6H2,1-5H3,(H,23,24)/t16-,19+/m1/s1. The fourth-order valence-corrected chi connectivity index (χ4v) is 2.85. The first-order valence-corrected chi connectivity index (χ1v) is 9.00. The normalized spacial score (nSPS) is 13.2. The fourth-order valence-electron chi connectivity index (χ4n) is 2.74. The van der Waals surface area contributed by atoms with E-state index in [4.69, 9.17) is 16.3 Å². The van der Waals surface area contributed by atoms with E-state index in [1.54, 1.807) is 6.92 Å². The lowest BCUT2D eigenvalue weighted by Crippen LogP contribution is -2.38. The van der Waals surface area contributed by atoms with Gasteiger partial charge in [-0.25, -0.2) is 0 Å². The van der Waals surface area contributed by atoms with Crippen LogP contribution in [0.5, 0.6) is 5.75 Å². The molecule has 25 heavy (non-hydrogen) atoms. The van der Waals surface area contributed by atoms with E-state index >= 15 is 0 Å². The zero-order valence-corrected chi connectivity index (χ0v) is 16.3. The molecule has 0 aliphatic rings. The zero-order chi connectivity index (χ0) is 18.6. The van der Waals surface area contributed by atoms with Gasteiger partial charge in [0.1, 0.15) is 5.75 Å². The summed E-state index contributed by atoms with van der Waals surface area (Å²) in [6, 6.07) is 11.9. The zero-order valence-electron chi connectivity index (χ0n) is 15.5. The van der Waals surface area contributed by atoms with Crippen LogP contribution in [0.15, 0.2) is 36.4 Å². The highest BCUT2D eigenvalue weighted by Gasteiger charge is 2.19. The van der Waals surface area contributed by atoms with Crippen LogP contribution in [0.25, 0.3) is 0 Å². The first kappa shape index (κ1) is 19.3. The van der Waals surface area contributed by atoms with Crippen LogP contribution in [0.2, 0.25) is 5.02 Å². The van der Waals surface area contributed by atoms with Gasteiger partial charge in [0.2, 0.25) is 0 Å². The number of aryl methyl sites for hydroxylation is 3. The molecular weight excluding hydrogens is 334 g/mol. The lowest BCUT2D eigenvalue weighted by molar-refractivity contribution is -0.128. The van der Waals surface area contributed by atoms with Crippen molar-refractivity contribution in [3.63, 3.8) is 0 Å². The van der Waals surface area contributed by atoms with E-state index in [1.165, 1.54) is 5.56 Å². The number of halogens is 1. The van der Waals surface area contributed by atoms with Gasteiger partial charge < -0.3 is 10.1 Å². The molecule has 0 aromatic heterocycles. The molecule has 2 aromatic carbocycles. The maximum absolute atomic E-state index is 12.5. The largest absolute Gasteiger partial charge is 0.481 e. The highest BCUT2D eigenvalue weighted by molar-refractivity contribution is 6.32. The molecule has 0 saturated heterocycles. The second-order valence-electron chi connectivity index (χ2n) is 6.51. The lowest BCUT2D eigenvalue weighted by Gasteiger charge is -2.21. The van der Waals surface area contributed by atoms with Gasteiger partial charge in [0.05, 0.1) is 6.04 Å². The second kappa shape index (κ2) is 8.39. The van der Waals surface area contributed by atoms with Crippen molar-refractivity contribution in [3.05, 3.63) is 63.7 Å². The van der Waals surface area contributed by atoms with Crippen molar-refractivity contribution in [3.8, 4) is 5.75 Å². The minimum absolute atomic E-state index is 0.0205. The van der Waals surface area contributed by atoms with Crippen molar-refractivity contribution in [2.75, 3.05) is 0 Å². The molecule has 0 fully saturated rings. The van der Waals surface area contributed by atoms with E-state index in [0.29, 0.717) is 5.75 Å². The number of benzene rings is 2. The molecule has 0 aliphatic heterocycles. The number of rotatable bonds is 6. The van der Waals surface area contributed by atoms with Gasteiger partial charge in [0.25, 0.3) is 5.91 Å². The van der Waals surface area contributed by atoms with Gasteiger partial charge in [-0.3, -0.25) is 4.79 Å². The second-order valence-corrected chi connectivity index (χ2v) is 6.89. The Morgan fingerprint density at radius 1 is 1.12 bits per heavy atom. The third-order valence-electron chi connectivity index (χ3n) is 4.30. The molecule has 0 unspecified atom stereocenters.